The van der Waals surface area contributed by atoms with E-state index in [2.05, 4.69) is 5.16 Å². The molecule has 0 aliphatic carbocycles. The third kappa shape index (κ3) is 3.08. The van der Waals surface area contributed by atoms with Crippen molar-refractivity contribution in [2.45, 2.75) is 19.8 Å². The minimum Gasteiger partial charge on any atom is -0.381 e. The molecule has 1 saturated heterocycles. The van der Waals surface area contributed by atoms with Gasteiger partial charge in [0.15, 0.2) is 5.58 Å². The lowest BCUT2D eigenvalue weighted by atomic mass is 10.1. The molecule has 1 fully saturated rings. The van der Waals surface area contributed by atoms with Gasteiger partial charge in [-0.1, -0.05) is 17.3 Å². The number of hydrogen-bond acceptors (Lipinski definition) is 4. The average Bonchev–Trinajstić information content (AvgIpc) is 3.15. The molecule has 112 valence electrons. The Morgan fingerprint density at radius 2 is 2.29 bits per heavy atom. The number of carbonyl (C=O) groups excluding carboxylic acids is 1. The fourth-order valence-electron chi connectivity index (χ4n) is 2.77. The molecule has 2 aromatic rings. The van der Waals surface area contributed by atoms with Gasteiger partial charge in [0.1, 0.15) is 5.69 Å². The highest BCUT2D eigenvalue weighted by atomic mass is 16.5. The molecule has 1 aliphatic heterocycles. The summed E-state index contributed by atoms with van der Waals surface area (Å²) in [5.74, 6) is 0.561. The first-order valence-electron chi connectivity index (χ1n) is 7.46. The Morgan fingerprint density at radius 1 is 1.43 bits per heavy atom. The third-order valence-corrected chi connectivity index (χ3v) is 4.01. The van der Waals surface area contributed by atoms with Crippen LogP contribution in [0.5, 0.6) is 0 Å². The van der Waals surface area contributed by atoms with Gasteiger partial charge in [-0.25, -0.2) is 0 Å². The fraction of sp³-hybridized carbons (Fsp3) is 0.500. The van der Waals surface area contributed by atoms with Crippen LogP contribution in [-0.2, 0) is 16.0 Å². The molecule has 0 N–H and O–H groups in total. The summed E-state index contributed by atoms with van der Waals surface area (Å²) < 4.78 is 10.6. The van der Waals surface area contributed by atoms with E-state index in [1.165, 1.54) is 0 Å². The zero-order chi connectivity index (χ0) is 14.7. The van der Waals surface area contributed by atoms with E-state index in [1.807, 2.05) is 36.1 Å². The van der Waals surface area contributed by atoms with E-state index in [1.54, 1.807) is 0 Å². The molecule has 1 aliphatic rings. The van der Waals surface area contributed by atoms with E-state index in [4.69, 9.17) is 9.26 Å². The molecule has 0 radical (unpaired) electrons. The number of aromatic nitrogens is 1. The van der Waals surface area contributed by atoms with Gasteiger partial charge in [-0.2, -0.15) is 0 Å². The minimum atomic E-state index is 0.100. The maximum atomic E-state index is 12.5. The van der Waals surface area contributed by atoms with Crippen molar-refractivity contribution in [3.63, 3.8) is 0 Å². The molecule has 21 heavy (non-hydrogen) atoms. The number of ether oxygens (including phenoxy) is 1. The average molecular weight is 288 g/mol. The quantitative estimate of drug-likeness (QED) is 0.847. The van der Waals surface area contributed by atoms with Gasteiger partial charge in [0.25, 0.3) is 0 Å². The van der Waals surface area contributed by atoms with Crippen LogP contribution in [0.25, 0.3) is 11.0 Å². The second-order valence-electron chi connectivity index (χ2n) is 5.46. The number of carbonyl (C=O) groups is 1. The molecule has 1 aromatic heterocycles. The minimum absolute atomic E-state index is 0.100. The van der Waals surface area contributed by atoms with E-state index in [-0.39, 0.29) is 5.91 Å². The standard InChI is InChI=1S/C16H20N2O3/c1-2-18(10-12-7-8-20-11-12)16(19)9-14-13-5-3-4-6-15(13)21-17-14/h3-6,12H,2,7-11H2,1H3. The molecule has 5 nitrogen and oxygen atoms in total. The Balaban J connectivity index is 1.69. The van der Waals surface area contributed by atoms with Gasteiger partial charge in [-0.15, -0.1) is 0 Å². The molecule has 0 saturated carbocycles. The summed E-state index contributed by atoms with van der Waals surface area (Å²) >= 11 is 0. The van der Waals surface area contributed by atoms with Crippen molar-refractivity contribution < 1.29 is 14.1 Å². The van der Waals surface area contributed by atoms with Crippen molar-refractivity contribution in [1.82, 2.24) is 10.1 Å². The van der Waals surface area contributed by atoms with E-state index < -0.39 is 0 Å². The number of likely N-dealkylation sites (N-methyl/N-ethyl adjacent to an activating group) is 1. The Labute approximate surface area is 123 Å². The molecule has 0 spiro atoms. The Hall–Kier alpha value is -1.88. The Morgan fingerprint density at radius 3 is 3.05 bits per heavy atom. The number of rotatable bonds is 5. The molecule has 1 aromatic carbocycles. The summed E-state index contributed by atoms with van der Waals surface area (Å²) in [6, 6.07) is 7.64. The number of fused-ring (bicyclic) bond motifs is 1. The van der Waals surface area contributed by atoms with Crippen molar-refractivity contribution >= 4 is 16.9 Å². The second-order valence-corrected chi connectivity index (χ2v) is 5.46. The normalized spacial score (nSPS) is 18.2. The van der Waals surface area contributed by atoms with Crippen LogP contribution >= 0.6 is 0 Å². The molecule has 0 bridgehead atoms. The van der Waals surface area contributed by atoms with Gasteiger partial charge in [-0.05, 0) is 25.5 Å². The van der Waals surface area contributed by atoms with Crippen LogP contribution in [0, 0.1) is 5.92 Å². The van der Waals surface area contributed by atoms with Crippen LogP contribution < -0.4 is 0 Å². The van der Waals surface area contributed by atoms with E-state index in [9.17, 15) is 4.79 Å². The van der Waals surface area contributed by atoms with E-state index in [0.717, 1.165) is 42.8 Å². The van der Waals surface area contributed by atoms with Crippen LogP contribution in [-0.4, -0.2) is 42.3 Å². The van der Waals surface area contributed by atoms with Crippen LogP contribution in [0.2, 0.25) is 0 Å². The molecular weight excluding hydrogens is 268 g/mol. The smallest absolute Gasteiger partial charge is 0.228 e. The summed E-state index contributed by atoms with van der Waals surface area (Å²) in [7, 11) is 0. The maximum Gasteiger partial charge on any atom is 0.228 e. The fourth-order valence-corrected chi connectivity index (χ4v) is 2.77. The lowest BCUT2D eigenvalue weighted by molar-refractivity contribution is -0.131. The third-order valence-electron chi connectivity index (χ3n) is 4.01. The number of para-hydroxylation sites is 1. The molecule has 5 heteroatoms. The molecule has 1 unspecified atom stereocenters. The van der Waals surface area contributed by atoms with Gasteiger partial charge < -0.3 is 14.2 Å². The Kier molecular flexibility index (Phi) is 4.20. The zero-order valence-electron chi connectivity index (χ0n) is 12.2. The molecule has 1 atom stereocenters. The SMILES string of the molecule is CCN(CC1CCOC1)C(=O)Cc1noc2ccccc12. The molecule has 2 heterocycles. The van der Waals surface area contributed by atoms with Crippen molar-refractivity contribution in [3.8, 4) is 0 Å². The van der Waals surface area contributed by atoms with Crippen molar-refractivity contribution in [2.75, 3.05) is 26.3 Å². The second kappa shape index (κ2) is 6.26. The lowest BCUT2D eigenvalue weighted by Crippen LogP contribution is -2.36. The lowest BCUT2D eigenvalue weighted by Gasteiger charge is -2.23. The van der Waals surface area contributed by atoms with Crippen LogP contribution in [0.15, 0.2) is 28.8 Å². The highest BCUT2D eigenvalue weighted by Gasteiger charge is 2.22. The summed E-state index contributed by atoms with van der Waals surface area (Å²) in [6.07, 6.45) is 1.33. The van der Waals surface area contributed by atoms with E-state index >= 15 is 0 Å². The Bertz CT molecular complexity index is 617. The van der Waals surface area contributed by atoms with Gasteiger partial charge in [0, 0.05) is 31.0 Å². The van der Waals surface area contributed by atoms with Gasteiger partial charge >= 0.3 is 0 Å². The van der Waals surface area contributed by atoms with E-state index in [0.29, 0.717) is 18.9 Å². The highest BCUT2D eigenvalue weighted by Crippen LogP contribution is 2.19. The topological polar surface area (TPSA) is 55.6 Å². The van der Waals surface area contributed by atoms with Crippen LogP contribution in [0.4, 0.5) is 0 Å². The largest absolute Gasteiger partial charge is 0.381 e. The molecule has 3 rings (SSSR count). The number of amides is 1. The van der Waals surface area contributed by atoms with Crippen molar-refractivity contribution in [2.24, 2.45) is 5.92 Å². The molecule has 1 amide bonds. The predicted molar refractivity (Wildman–Crippen MR) is 78.9 cm³/mol. The predicted octanol–water partition coefficient (Wildman–Crippen LogP) is 2.26. The van der Waals surface area contributed by atoms with Gasteiger partial charge in [0.2, 0.25) is 5.91 Å². The van der Waals surface area contributed by atoms with Gasteiger partial charge in [0.05, 0.1) is 13.0 Å². The van der Waals surface area contributed by atoms with Crippen molar-refractivity contribution in [3.05, 3.63) is 30.0 Å². The first kappa shape index (κ1) is 14.1. The number of nitrogens with zero attached hydrogens (tertiary/aromatic N) is 2. The maximum absolute atomic E-state index is 12.5. The summed E-state index contributed by atoms with van der Waals surface area (Å²) in [5, 5.41) is 4.96. The molecular formula is C16H20N2O3. The number of hydrogen-bond donors (Lipinski definition) is 0. The zero-order valence-corrected chi connectivity index (χ0v) is 12.2. The first-order valence-corrected chi connectivity index (χ1v) is 7.46. The van der Waals surface area contributed by atoms with Crippen molar-refractivity contribution in [1.29, 1.82) is 0 Å². The van der Waals surface area contributed by atoms with Crippen LogP contribution in [0.1, 0.15) is 19.0 Å². The van der Waals surface area contributed by atoms with Gasteiger partial charge in [-0.3, -0.25) is 4.79 Å². The highest BCUT2D eigenvalue weighted by molar-refractivity contribution is 5.86. The summed E-state index contributed by atoms with van der Waals surface area (Å²) in [4.78, 5) is 14.4. The summed E-state index contributed by atoms with van der Waals surface area (Å²) in [6.45, 7) is 5.06. The first-order chi connectivity index (χ1) is 10.3. The number of benzene rings is 1. The summed E-state index contributed by atoms with van der Waals surface area (Å²) in [5.41, 5.74) is 1.45. The van der Waals surface area contributed by atoms with Crippen LogP contribution in [0.3, 0.4) is 0 Å². The monoisotopic (exact) mass is 288 g/mol.